The second-order valence-corrected chi connectivity index (χ2v) is 6.18. The fourth-order valence-electron chi connectivity index (χ4n) is 2.64. The number of rotatable bonds is 7. The standard InChI is InChI=1S/C20H22N2O4/c1-25-17-5-3-4-16(18(17)26-2)20(24)21-12-13-6-10-15(11-7-13)22-19(23)14-8-9-14/h3-7,10-11,14H,8-9,12H2,1-2H3,(H,21,24)(H,22,23). The molecule has 0 aromatic heterocycles. The smallest absolute Gasteiger partial charge is 0.255 e. The Morgan fingerprint density at radius 1 is 1.04 bits per heavy atom. The van der Waals surface area contributed by atoms with Crippen LogP contribution in [0.3, 0.4) is 0 Å². The van der Waals surface area contributed by atoms with Crippen molar-refractivity contribution in [3.05, 3.63) is 53.6 Å². The number of carbonyl (C=O) groups excluding carboxylic acids is 2. The quantitative estimate of drug-likeness (QED) is 0.801. The zero-order valence-electron chi connectivity index (χ0n) is 14.9. The van der Waals surface area contributed by atoms with E-state index in [0.29, 0.717) is 23.6 Å². The molecule has 1 aliphatic carbocycles. The average molecular weight is 354 g/mol. The summed E-state index contributed by atoms with van der Waals surface area (Å²) >= 11 is 0. The molecule has 2 aromatic rings. The van der Waals surface area contributed by atoms with Gasteiger partial charge in [-0.15, -0.1) is 0 Å². The molecule has 6 heteroatoms. The highest BCUT2D eigenvalue weighted by atomic mass is 16.5. The highest BCUT2D eigenvalue weighted by Crippen LogP contribution is 2.31. The molecule has 1 saturated carbocycles. The number of ether oxygens (including phenoxy) is 2. The third-order valence-corrected chi connectivity index (χ3v) is 4.27. The molecule has 136 valence electrons. The minimum Gasteiger partial charge on any atom is -0.493 e. The Kier molecular flexibility index (Phi) is 5.41. The molecule has 0 aliphatic heterocycles. The van der Waals surface area contributed by atoms with E-state index in [4.69, 9.17) is 9.47 Å². The van der Waals surface area contributed by atoms with Crippen LogP contribution in [0.2, 0.25) is 0 Å². The number of amides is 2. The number of carbonyl (C=O) groups is 2. The van der Waals surface area contributed by atoms with Gasteiger partial charge in [-0.2, -0.15) is 0 Å². The van der Waals surface area contributed by atoms with Gasteiger partial charge in [0.05, 0.1) is 19.8 Å². The van der Waals surface area contributed by atoms with E-state index >= 15 is 0 Å². The second-order valence-electron chi connectivity index (χ2n) is 6.18. The van der Waals surface area contributed by atoms with Crippen LogP contribution in [0.15, 0.2) is 42.5 Å². The topological polar surface area (TPSA) is 76.7 Å². The fourth-order valence-corrected chi connectivity index (χ4v) is 2.64. The molecule has 6 nitrogen and oxygen atoms in total. The monoisotopic (exact) mass is 354 g/mol. The van der Waals surface area contributed by atoms with Crippen molar-refractivity contribution in [2.24, 2.45) is 5.92 Å². The lowest BCUT2D eigenvalue weighted by atomic mass is 10.1. The predicted molar refractivity (Wildman–Crippen MR) is 98.5 cm³/mol. The molecule has 3 rings (SSSR count). The summed E-state index contributed by atoms with van der Waals surface area (Å²) in [7, 11) is 3.03. The lowest BCUT2D eigenvalue weighted by Crippen LogP contribution is -2.23. The maximum absolute atomic E-state index is 12.5. The third-order valence-electron chi connectivity index (χ3n) is 4.27. The van der Waals surface area contributed by atoms with Gasteiger partial charge >= 0.3 is 0 Å². The molecular weight excluding hydrogens is 332 g/mol. The summed E-state index contributed by atoms with van der Waals surface area (Å²) in [5, 5.41) is 5.76. The molecule has 2 amide bonds. The third kappa shape index (κ3) is 4.14. The van der Waals surface area contributed by atoms with Gasteiger partial charge in [-0.05, 0) is 42.7 Å². The van der Waals surface area contributed by atoms with Crippen LogP contribution in [0.4, 0.5) is 5.69 Å². The van der Waals surface area contributed by atoms with Gasteiger partial charge in [0.1, 0.15) is 0 Å². The van der Waals surface area contributed by atoms with E-state index < -0.39 is 0 Å². The van der Waals surface area contributed by atoms with Gasteiger partial charge in [-0.25, -0.2) is 0 Å². The molecule has 2 N–H and O–H groups in total. The van der Waals surface area contributed by atoms with Crippen molar-refractivity contribution < 1.29 is 19.1 Å². The summed E-state index contributed by atoms with van der Waals surface area (Å²) in [6, 6.07) is 12.6. The molecule has 0 atom stereocenters. The van der Waals surface area contributed by atoms with Crippen LogP contribution in [0.25, 0.3) is 0 Å². The van der Waals surface area contributed by atoms with E-state index in [-0.39, 0.29) is 17.7 Å². The molecule has 0 radical (unpaired) electrons. The Morgan fingerprint density at radius 2 is 1.77 bits per heavy atom. The Balaban J connectivity index is 1.60. The van der Waals surface area contributed by atoms with E-state index in [1.165, 1.54) is 14.2 Å². The number of anilines is 1. The van der Waals surface area contributed by atoms with Gasteiger partial charge in [0.25, 0.3) is 5.91 Å². The first-order valence-corrected chi connectivity index (χ1v) is 8.51. The number of hydrogen-bond donors (Lipinski definition) is 2. The number of hydrogen-bond acceptors (Lipinski definition) is 4. The van der Waals surface area contributed by atoms with Crippen molar-refractivity contribution in [1.82, 2.24) is 5.32 Å². The van der Waals surface area contributed by atoms with E-state index in [1.807, 2.05) is 24.3 Å². The Morgan fingerprint density at radius 3 is 2.38 bits per heavy atom. The van der Waals surface area contributed by atoms with E-state index in [0.717, 1.165) is 24.1 Å². The van der Waals surface area contributed by atoms with Gasteiger partial charge in [0.15, 0.2) is 11.5 Å². The normalized spacial score (nSPS) is 13.0. The maximum atomic E-state index is 12.5. The molecule has 1 fully saturated rings. The van der Waals surface area contributed by atoms with Crippen molar-refractivity contribution in [2.45, 2.75) is 19.4 Å². The summed E-state index contributed by atoms with van der Waals surface area (Å²) in [5.74, 6) is 0.927. The zero-order chi connectivity index (χ0) is 18.5. The van der Waals surface area contributed by atoms with Crippen molar-refractivity contribution in [3.63, 3.8) is 0 Å². The summed E-state index contributed by atoms with van der Waals surface area (Å²) in [6.45, 7) is 0.371. The lowest BCUT2D eigenvalue weighted by Gasteiger charge is -2.12. The minimum absolute atomic E-state index is 0.0798. The van der Waals surface area contributed by atoms with Crippen LogP contribution in [-0.4, -0.2) is 26.0 Å². The molecule has 0 bridgehead atoms. The number of para-hydroxylation sites is 1. The van der Waals surface area contributed by atoms with Crippen LogP contribution in [0.5, 0.6) is 11.5 Å². The van der Waals surface area contributed by atoms with Crippen LogP contribution < -0.4 is 20.1 Å². The fraction of sp³-hybridized carbons (Fsp3) is 0.300. The zero-order valence-corrected chi connectivity index (χ0v) is 14.9. The first-order chi connectivity index (χ1) is 12.6. The largest absolute Gasteiger partial charge is 0.493 e. The summed E-state index contributed by atoms with van der Waals surface area (Å²) in [4.78, 5) is 24.2. The van der Waals surface area contributed by atoms with Crippen molar-refractivity contribution in [1.29, 1.82) is 0 Å². The Labute approximate surface area is 152 Å². The van der Waals surface area contributed by atoms with E-state index in [9.17, 15) is 9.59 Å². The number of methoxy groups -OCH3 is 2. The maximum Gasteiger partial charge on any atom is 0.255 e. The van der Waals surface area contributed by atoms with E-state index in [2.05, 4.69) is 10.6 Å². The lowest BCUT2D eigenvalue weighted by molar-refractivity contribution is -0.117. The summed E-state index contributed by atoms with van der Waals surface area (Å²) in [6.07, 6.45) is 1.95. The van der Waals surface area contributed by atoms with Crippen molar-refractivity contribution >= 4 is 17.5 Å². The van der Waals surface area contributed by atoms with Gasteiger partial charge in [-0.1, -0.05) is 18.2 Å². The summed E-state index contributed by atoms with van der Waals surface area (Å²) < 4.78 is 10.5. The average Bonchev–Trinajstić information content (AvgIpc) is 3.51. The van der Waals surface area contributed by atoms with Crippen molar-refractivity contribution in [3.8, 4) is 11.5 Å². The molecule has 2 aromatic carbocycles. The van der Waals surface area contributed by atoms with E-state index in [1.54, 1.807) is 18.2 Å². The SMILES string of the molecule is COc1cccc(C(=O)NCc2ccc(NC(=O)C3CC3)cc2)c1OC. The summed E-state index contributed by atoms with van der Waals surface area (Å²) in [5.41, 5.74) is 2.12. The van der Waals surface area contributed by atoms with Crippen LogP contribution in [-0.2, 0) is 11.3 Å². The molecule has 0 saturated heterocycles. The minimum atomic E-state index is -0.244. The van der Waals surface area contributed by atoms with Crippen LogP contribution in [0.1, 0.15) is 28.8 Å². The van der Waals surface area contributed by atoms with Crippen molar-refractivity contribution in [2.75, 3.05) is 19.5 Å². The molecular formula is C20H22N2O4. The first-order valence-electron chi connectivity index (χ1n) is 8.51. The van der Waals surface area contributed by atoms with Gasteiger partial charge in [-0.3, -0.25) is 9.59 Å². The van der Waals surface area contributed by atoms with Gasteiger partial charge in [0.2, 0.25) is 5.91 Å². The molecule has 0 spiro atoms. The molecule has 0 heterocycles. The highest BCUT2D eigenvalue weighted by Gasteiger charge is 2.29. The van der Waals surface area contributed by atoms with Gasteiger partial charge in [0, 0.05) is 18.2 Å². The van der Waals surface area contributed by atoms with Gasteiger partial charge < -0.3 is 20.1 Å². The first kappa shape index (κ1) is 17.8. The number of benzene rings is 2. The second kappa shape index (κ2) is 7.91. The van der Waals surface area contributed by atoms with Crippen LogP contribution in [0, 0.1) is 5.92 Å². The predicted octanol–water partition coefficient (Wildman–Crippen LogP) is 2.98. The number of nitrogens with one attached hydrogen (secondary N) is 2. The molecule has 0 unspecified atom stereocenters. The molecule has 1 aliphatic rings. The molecule has 26 heavy (non-hydrogen) atoms. The van der Waals surface area contributed by atoms with Crippen LogP contribution >= 0.6 is 0 Å². The Hall–Kier alpha value is -3.02. The Bertz CT molecular complexity index is 798. The highest BCUT2D eigenvalue weighted by molar-refractivity contribution is 5.97.